The smallest absolute Gasteiger partial charge is 0.269 e. The van der Waals surface area contributed by atoms with Gasteiger partial charge in [-0.05, 0) is 30.7 Å². The molecule has 0 aliphatic rings. The summed E-state index contributed by atoms with van der Waals surface area (Å²) < 4.78 is 4.91. The maximum absolute atomic E-state index is 12.4. The lowest BCUT2D eigenvalue weighted by molar-refractivity contribution is 0.0943. The number of nitrogens with zero attached hydrogens (tertiary/aromatic N) is 2. The third kappa shape index (κ3) is 5.12. The summed E-state index contributed by atoms with van der Waals surface area (Å²) in [4.78, 5) is 28.4. The first-order chi connectivity index (χ1) is 12.2. The van der Waals surface area contributed by atoms with Crippen molar-refractivity contribution < 1.29 is 14.3 Å². The fraction of sp³-hybridized carbons (Fsp3) is 0.222. The zero-order valence-electron chi connectivity index (χ0n) is 13.8. The number of nitrogens with one attached hydrogen (secondary N) is 2. The zero-order chi connectivity index (χ0) is 18.1. The number of benzene rings is 1. The number of aromatic nitrogens is 1. The van der Waals surface area contributed by atoms with E-state index in [-0.39, 0.29) is 17.2 Å². The minimum Gasteiger partial charge on any atom is -0.385 e. The van der Waals surface area contributed by atoms with Crippen LogP contribution in [0, 0.1) is 11.3 Å². The van der Waals surface area contributed by atoms with Gasteiger partial charge in [0.2, 0.25) is 0 Å². The number of pyridine rings is 1. The number of carbonyl (C=O) groups excluding carboxylic acids is 2. The topological polar surface area (TPSA) is 104 Å². The van der Waals surface area contributed by atoms with Gasteiger partial charge in [-0.2, -0.15) is 5.26 Å². The zero-order valence-corrected chi connectivity index (χ0v) is 13.8. The highest BCUT2D eigenvalue weighted by molar-refractivity contribution is 6.06. The number of amides is 2. The van der Waals surface area contributed by atoms with Gasteiger partial charge >= 0.3 is 0 Å². The third-order valence-electron chi connectivity index (χ3n) is 3.36. The van der Waals surface area contributed by atoms with Crippen LogP contribution in [0.3, 0.4) is 0 Å². The SMILES string of the molecule is COCCCNC(=O)c1cc(C(=O)Nc2ccccc2C#N)ccn1. The molecule has 0 saturated carbocycles. The Labute approximate surface area is 145 Å². The van der Waals surface area contributed by atoms with E-state index in [4.69, 9.17) is 10.00 Å². The summed E-state index contributed by atoms with van der Waals surface area (Å²) in [5, 5.41) is 14.4. The van der Waals surface area contributed by atoms with Gasteiger partial charge in [0.1, 0.15) is 11.8 Å². The number of methoxy groups -OCH3 is 1. The van der Waals surface area contributed by atoms with Crippen molar-refractivity contribution in [3.05, 3.63) is 59.4 Å². The van der Waals surface area contributed by atoms with Crippen molar-refractivity contribution in [2.45, 2.75) is 6.42 Å². The number of ether oxygens (including phenoxy) is 1. The molecule has 0 bridgehead atoms. The molecule has 2 aromatic rings. The minimum absolute atomic E-state index is 0.152. The predicted octanol–water partition coefficient (Wildman–Crippen LogP) is 1.97. The molecule has 1 aromatic heterocycles. The number of carbonyl (C=O) groups is 2. The second-order valence-electron chi connectivity index (χ2n) is 5.14. The van der Waals surface area contributed by atoms with Crippen molar-refractivity contribution in [1.82, 2.24) is 10.3 Å². The van der Waals surface area contributed by atoms with Crippen LogP contribution in [0.2, 0.25) is 0 Å². The number of hydrogen-bond donors (Lipinski definition) is 2. The number of rotatable bonds is 7. The molecule has 0 saturated heterocycles. The molecule has 2 amide bonds. The van der Waals surface area contributed by atoms with Crippen LogP contribution in [0.4, 0.5) is 5.69 Å². The van der Waals surface area contributed by atoms with Gasteiger partial charge in [-0.1, -0.05) is 12.1 Å². The monoisotopic (exact) mass is 338 g/mol. The van der Waals surface area contributed by atoms with Crippen LogP contribution in [0.5, 0.6) is 0 Å². The van der Waals surface area contributed by atoms with Gasteiger partial charge in [0, 0.05) is 32.0 Å². The molecule has 0 aliphatic heterocycles. The van der Waals surface area contributed by atoms with E-state index >= 15 is 0 Å². The molecule has 0 unspecified atom stereocenters. The van der Waals surface area contributed by atoms with Gasteiger partial charge in [-0.25, -0.2) is 0 Å². The summed E-state index contributed by atoms with van der Waals surface area (Å²) in [6.07, 6.45) is 2.09. The second-order valence-corrected chi connectivity index (χ2v) is 5.14. The molecular weight excluding hydrogens is 320 g/mol. The van der Waals surface area contributed by atoms with Gasteiger partial charge < -0.3 is 15.4 Å². The molecule has 1 heterocycles. The van der Waals surface area contributed by atoms with Crippen molar-refractivity contribution in [2.24, 2.45) is 0 Å². The molecule has 1 aromatic carbocycles. The summed E-state index contributed by atoms with van der Waals surface area (Å²) >= 11 is 0. The number of nitriles is 1. The van der Waals surface area contributed by atoms with Gasteiger partial charge in [-0.3, -0.25) is 14.6 Å². The Morgan fingerprint density at radius 3 is 2.80 bits per heavy atom. The van der Waals surface area contributed by atoms with Crippen LogP contribution in [-0.2, 0) is 4.74 Å². The van der Waals surface area contributed by atoms with E-state index in [1.54, 1.807) is 31.4 Å². The minimum atomic E-state index is -0.418. The van der Waals surface area contributed by atoms with Crippen LogP contribution < -0.4 is 10.6 Å². The molecule has 2 rings (SSSR count). The highest BCUT2D eigenvalue weighted by Crippen LogP contribution is 2.15. The summed E-state index contributed by atoms with van der Waals surface area (Å²) in [7, 11) is 1.59. The number of hydrogen-bond acceptors (Lipinski definition) is 5. The largest absolute Gasteiger partial charge is 0.385 e. The van der Waals surface area contributed by atoms with E-state index in [9.17, 15) is 9.59 Å². The lowest BCUT2D eigenvalue weighted by Crippen LogP contribution is -2.26. The molecule has 0 spiro atoms. The molecule has 0 atom stereocenters. The molecule has 0 fully saturated rings. The number of anilines is 1. The Bertz CT molecular complexity index is 799. The Kier molecular flexibility index (Phi) is 6.63. The van der Waals surface area contributed by atoms with E-state index in [0.717, 1.165) is 0 Å². The molecule has 128 valence electrons. The van der Waals surface area contributed by atoms with Gasteiger partial charge in [0.05, 0.1) is 11.3 Å². The highest BCUT2D eigenvalue weighted by Gasteiger charge is 2.13. The molecular formula is C18H18N4O3. The Morgan fingerprint density at radius 2 is 2.04 bits per heavy atom. The van der Waals surface area contributed by atoms with Gasteiger partial charge in [-0.15, -0.1) is 0 Å². The summed E-state index contributed by atoms with van der Waals surface area (Å²) in [5.74, 6) is -0.776. The molecule has 7 nitrogen and oxygen atoms in total. The highest BCUT2D eigenvalue weighted by atomic mass is 16.5. The van der Waals surface area contributed by atoms with Crippen molar-refractivity contribution in [2.75, 3.05) is 25.6 Å². The van der Waals surface area contributed by atoms with Crippen molar-refractivity contribution in [3.63, 3.8) is 0 Å². The van der Waals surface area contributed by atoms with Crippen LogP contribution in [0.15, 0.2) is 42.6 Å². The van der Waals surface area contributed by atoms with E-state index in [1.807, 2.05) is 6.07 Å². The fourth-order valence-electron chi connectivity index (χ4n) is 2.09. The molecule has 7 heteroatoms. The number of para-hydroxylation sites is 1. The fourth-order valence-corrected chi connectivity index (χ4v) is 2.09. The first kappa shape index (κ1) is 18.1. The second kappa shape index (κ2) is 9.15. The first-order valence-electron chi connectivity index (χ1n) is 7.69. The maximum Gasteiger partial charge on any atom is 0.269 e. The predicted molar refractivity (Wildman–Crippen MR) is 92.2 cm³/mol. The van der Waals surface area contributed by atoms with Gasteiger partial charge in [0.25, 0.3) is 11.8 Å². The maximum atomic E-state index is 12.4. The van der Waals surface area contributed by atoms with E-state index in [1.165, 1.54) is 18.3 Å². The van der Waals surface area contributed by atoms with E-state index < -0.39 is 5.91 Å². The van der Waals surface area contributed by atoms with Crippen molar-refractivity contribution in [1.29, 1.82) is 5.26 Å². The quantitative estimate of drug-likeness (QED) is 0.751. The summed E-state index contributed by atoms with van der Waals surface area (Å²) in [6.45, 7) is 1.01. The lowest BCUT2D eigenvalue weighted by Gasteiger charge is -2.08. The Balaban J connectivity index is 2.06. The Morgan fingerprint density at radius 1 is 1.24 bits per heavy atom. The lowest BCUT2D eigenvalue weighted by atomic mass is 10.1. The van der Waals surface area contributed by atoms with Crippen LogP contribution in [0.1, 0.15) is 32.8 Å². The van der Waals surface area contributed by atoms with Crippen LogP contribution >= 0.6 is 0 Å². The average molecular weight is 338 g/mol. The van der Waals surface area contributed by atoms with Crippen LogP contribution in [0.25, 0.3) is 0 Å². The standard InChI is InChI=1S/C18H18N4O3/c1-25-10-4-8-21-18(24)16-11-13(7-9-20-16)17(23)22-15-6-3-2-5-14(15)12-19/h2-3,5-7,9,11H,4,8,10H2,1H3,(H,21,24)(H,22,23). The van der Waals surface area contributed by atoms with Crippen LogP contribution in [-0.4, -0.2) is 37.1 Å². The third-order valence-corrected chi connectivity index (χ3v) is 3.36. The summed E-state index contributed by atoms with van der Waals surface area (Å²) in [5.41, 5.74) is 1.21. The average Bonchev–Trinajstić information content (AvgIpc) is 2.65. The van der Waals surface area contributed by atoms with Gasteiger partial charge in [0.15, 0.2) is 0 Å². The molecule has 25 heavy (non-hydrogen) atoms. The van der Waals surface area contributed by atoms with Crippen molar-refractivity contribution >= 4 is 17.5 Å². The Hall–Kier alpha value is -3.24. The normalized spacial score (nSPS) is 9.92. The molecule has 0 aliphatic carbocycles. The molecule has 0 radical (unpaired) electrons. The first-order valence-corrected chi connectivity index (χ1v) is 7.69. The van der Waals surface area contributed by atoms with E-state index in [2.05, 4.69) is 15.6 Å². The van der Waals surface area contributed by atoms with Crippen molar-refractivity contribution in [3.8, 4) is 6.07 Å². The molecule has 2 N–H and O–H groups in total. The summed E-state index contributed by atoms with van der Waals surface area (Å²) in [6, 6.07) is 11.6. The van der Waals surface area contributed by atoms with E-state index in [0.29, 0.717) is 30.8 Å².